The van der Waals surface area contributed by atoms with Crippen LogP contribution in [0.3, 0.4) is 0 Å². The number of benzene rings is 1. The lowest BCUT2D eigenvalue weighted by atomic mass is 9.84. The third kappa shape index (κ3) is 2.77. The van der Waals surface area contributed by atoms with E-state index in [9.17, 15) is 19.2 Å². The summed E-state index contributed by atoms with van der Waals surface area (Å²) in [5.41, 5.74) is 1.76. The standard InChI is InChI=1S/C22H26N4O4/c1-22(2,3)24-10-13-8-14(11-24)25(13)12-4-5-15-16(9-12)21(30)26(20(15)29)17-6-7-18(27)23-19(17)28/h4-5,9,13-14,17H,6-8,10-11H2,1-3H3,(H,23,27,28). The van der Waals surface area contributed by atoms with Crippen LogP contribution in [-0.4, -0.2) is 70.2 Å². The van der Waals surface area contributed by atoms with Gasteiger partial charge >= 0.3 is 0 Å². The van der Waals surface area contributed by atoms with E-state index in [4.69, 9.17) is 0 Å². The van der Waals surface area contributed by atoms with E-state index in [-0.39, 0.29) is 24.3 Å². The van der Waals surface area contributed by atoms with Crippen LogP contribution in [0.15, 0.2) is 18.2 Å². The van der Waals surface area contributed by atoms with Gasteiger partial charge in [-0.15, -0.1) is 0 Å². The Hall–Kier alpha value is -2.74. The number of piperidine rings is 2. The lowest BCUT2D eigenvalue weighted by Crippen LogP contribution is -2.71. The zero-order chi connectivity index (χ0) is 21.4. The zero-order valence-corrected chi connectivity index (χ0v) is 17.5. The van der Waals surface area contributed by atoms with Crippen LogP contribution in [0.5, 0.6) is 0 Å². The molecule has 0 saturated carbocycles. The number of nitrogens with one attached hydrogen (secondary N) is 1. The molecular formula is C22H26N4O4. The number of amides is 4. The Balaban J connectivity index is 1.39. The van der Waals surface area contributed by atoms with E-state index >= 15 is 0 Å². The van der Waals surface area contributed by atoms with Crippen LogP contribution in [-0.2, 0) is 9.59 Å². The largest absolute Gasteiger partial charge is 0.363 e. The van der Waals surface area contributed by atoms with E-state index in [0.717, 1.165) is 30.1 Å². The Morgan fingerprint density at radius 2 is 1.63 bits per heavy atom. The second-order valence-electron chi connectivity index (χ2n) is 9.70. The normalized spacial score (nSPS) is 29.1. The smallest absolute Gasteiger partial charge is 0.262 e. The van der Waals surface area contributed by atoms with E-state index in [0.29, 0.717) is 23.2 Å². The first-order valence-corrected chi connectivity index (χ1v) is 10.5. The van der Waals surface area contributed by atoms with Crippen molar-refractivity contribution in [1.29, 1.82) is 0 Å². The minimum atomic E-state index is -0.928. The van der Waals surface area contributed by atoms with Gasteiger partial charge in [-0.1, -0.05) is 0 Å². The molecule has 0 aliphatic carbocycles. The van der Waals surface area contributed by atoms with Gasteiger partial charge in [0.15, 0.2) is 0 Å². The molecule has 8 heteroatoms. The quantitative estimate of drug-likeness (QED) is 0.736. The van der Waals surface area contributed by atoms with E-state index in [1.54, 1.807) is 12.1 Å². The van der Waals surface area contributed by atoms with E-state index in [1.807, 2.05) is 6.07 Å². The van der Waals surface area contributed by atoms with Crippen molar-refractivity contribution in [3.05, 3.63) is 29.3 Å². The molecular weight excluding hydrogens is 384 g/mol. The molecule has 1 N–H and O–H groups in total. The molecule has 2 bridgehead atoms. The average Bonchev–Trinajstić information content (AvgIpc) is 2.92. The number of piperazine rings is 1. The maximum atomic E-state index is 13.1. The predicted molar refractivity (Wildman–Crippen MR) is 109 cm³/mol. The Labute approximate surface area is 175 Å². The highest BCUT2D eigenvalue weighted by atomic mass is 16.2. The SMILES string of the molecule is CC(C)(C)N1CC2CC(C1)N2c1ccc2c(c1)C(=O)N(C1CCC(=O)NC1=O)C2=O. The molecule has 0 spiro atoms. The highest BCUT2D eigenvalue weighted by Gasteiger charge is 2.48. The number of carbonyl (C=O) groups is 4. The van der Waals surface area contributed by atoms with Gasteiger partial charge in [0, 0.05) is 42.8 Å². The minimum absolute atomic E-state index is 0.122. The summed E-state index contributed by atoms with van der Waals surface area (Å²) in [6.07, 6.45) is 1.43. The first kappa shape index (κ1) is 19.2. The lowest BCUT2D eigenvalue weighted by molar-refractivity contribution is -0.136. The number of rotatable bonds is 2. The van der Waals surface area contributed by atoms with E-state index < -0.39 is 23.8 Å². The van der Waals surface area contributed by atoms with E-state index in [2.05, 4.69) is 35.9 Å². The van der Waals surface area contributed by atoms with Gasteiger partial charge in [0.2, 0.25) is 11.8 Å². The second kappa shape index (κ2) is 6.38. The molecule has 4 amide bonds. The van der Waals surface area contributed by atoms with Crippen LogP contribution in [0.2, 0.25) is 0 Å². The van der Waals surface area contributed by atoms with Crippen LogP contribution in [0, 0.1) is 0 Å². The third-order valence-electron chi connectivity index (χ3n) is 6.86. The zero-order valence-electron chi connectivity index (χ0n) is 17.5. The van der Waals surface area contributed by atoms with Crippen molar-refractivity contribution in [3.8, 4) is 0 Å². The number of carbonyl (C=O) groups excluding carboxylic acids is 4. The van der Waals surface area contributed by atoms with Crippen LogP contribution in [0.4, 0.5) is 5.69 Å². The van der Waals surface area contributed by atoms with Gasteiger partial charge in [-0.05, 0) is 51.8 Å². The van der Waals surface area contributed by atoms with Crippen LogP contribution in [0.1, 0.15) is 60.7 Å². The monoisotopic (exact) mass is 410 g/mol. The summed E-state index contributed by atoms with van der Waals surface area (Å²) in [5.74, 6) is -1.86. The second-order valence-corrected chi connectivity index (χ2v) is 9.70. The molecule has 5 aliphatic heterocycles. The van der Waals surface area contributed by atoms with Gasteiger partial charge in [0.1, 0.15) is 6.04 Å². The summed E-state index contributed by atoms with van der Waals surface area (Å²) in [5, 5.41) is 2.23. The summed E-state index contributed by atoms with van der Waals surface area (Å²) < 4.78 is 0. The van der Waals surface area contributed by atoms with Crippen LogP contribution in [0.25, 0.3) is 0 Å². The van der Waals surface area contributed by atoms with E-state index in [1.165, 1.54) is 0 Å². The summed E-state index contributed by atoms with van der Waals surface area (Å²) in [6, 6.07) is 5.28. The molecule has 158 valence electrons. The number of nitrogens with zero attached hydrogens (tertiary/aromatic N) is 3. The molecule has 1 aromatic rings. The Kier molecular flexibility index (Phi) is 4.09. The molecule has 30 heavy (non-hydrogen) atoms. The Morgan fingerprint density at radius 1 is 0.967 bits per heavy atom. The predicted octanol–water partition coefficient (Wildman–Crippen LogP) is 1.15. The molecule has 0 radical (unpaired) electrons. The van der Waals surface area contributed by atoms with Crippen molar-refractivity contribution in [2.75, 3.05) is 18.0 Å². The van der Waals surface area contributed by atoms with Gasteiger partial charge in [-0.2, -0.15) is 0 Å². The third-order valence-corrected chi connectivity index (χ3v) is 6.86. The van der Waals surface area contributed by atoms with Crippen LogP contribution >= 0.6 is 0 Å². The summed E-state index contributed by atoms with van der Waals surface area (Å²) in [4.78, 5) is 55.4. The van der Waals surface area contributed by atoms with Gasteiger partial charge in [0.25, 0.3) is 11.8 Å². The van der Waals surface area contributed by atoms with Crippen molar-refractivity contribution in [2.24, 2.45) is 0 Å². The lowest BCUT2D eigenvalue weighted by Gasteiger charge is -2.60. The molecule has 6 rings (SSSR count). The van der Waals surface area contributed by atoms with Crippen LogP contribution < -0.4 is 10.2 Å². The van der Waals surface area contributed by atoms with Gasteiger partial charge < -0.3 is 4.90 Å². The molecule has 4 fully saturated rings. The molecule has 3 atom stereocenters. The topological polar surface area (TPSA) is 90.0 Å². The maximum absolute atomic E-state index is 13.1. The molecule has 0 aromatic heterocycles. The fraction of sp³-hybridized carbons (Fsp3) is 0.545. The summed E-state index contributed by atoms with van der Waals surface area (Å²) >= 11 is 0. The highest BCUT2D eigenvalue weighted by molar-refractivity contribution is 6.23. The Bertz CT molecular complexity index is 970. The molecule has 1 aromatic carbocycles. The average molecular weight is 410 g/mol. The van der Waals surface area contributed by atoms with Gasteiger partial charge in [0.05, 0.1) is 11.1 Å². The fourth-order valence-electron chi connectivity index (χ4n) is 5.20. The van der Waals surface area contributed by atoms with Gasteiger partial charge in [-0.25, -0.2) is 0 Å². The number of imide groups is 2. The van der Waals surface area contributed by atoms with Crippen molar-refractivity contribution in [3.63, 3.8) is 0 Å². The maximum Gasteiger partial charge on any atom is 0.262 e. The number of hydrogen-bond acceptors (Lipinski definition) is 6. The summed E-state index contributed by atoms with van der Waals surface area (Å²) in [6.45, 7) is 8.64. The molecule has 5 heterocycles. The highest BCUT2D eigenvalue weighted by Crippen LogP contribution is 2.40. The molecule has 4 saturated heterocycles. The van der Waals surface area contributed by atoms with Crippen molar-refractivity contribution in [2.45, 2.75) is 63.7 Å². The Morgan fingerprint density at radius 3 is 2.27 bits per heavy atom. The first-order valence-electron chi connectivity index (χ1n) is 10.5. The number of anilines is 1. The number of hydrogen-bond donors (Lipinski definition) is 1. The first-order chi connectivity index (χ1) is 14.1. The minimum Gasteiger partial charge on any atom is -0.363 e. The van der Waals surface area contributed by atoms with Gasteiger partial charge in [-0.3, -0.25) is 34.3 Å². The van der Waals surface area contributed by atoms with Crippen molar-refractivity contribution >= 4 is 29.3 Å². The number of fused-ring (bicyclic) bond motifs is 3. The molecule has 5 aliphatic rings. The molecule has 8 nitrogen and oxygen atoms in total. The van der Waals surface area contributed by atoms with Crippen molar-refractivity contribution in [1.82, 2.24) is 15.1 Å². The molecule has 3 unspecified atom stereocenters. The summed E-state index contributed by atoms with van der Waals surface area (Å²) in [7, 11) is 0. The fourth-order valence-corrected chi connectivity index (χ4v) is 5.20. The van der Waals surface area contributed by atoms with Crippen molar-refractivity contribution < 1.29 is 19.2 Å².